The van der Waals surface area contributed by atoms with Gasteiger partial charge >= 0.3 is 0 Å². The SMILES string of the molecule is C/C(=C\CN)C(N)C(F)F. The zero-order valence-corrected chi connectivity index (χ0v) is 5.85. The molecule has 1 unspecified atom stereocenters. The van der Waals surface area contributed by atoms with Gasteiger partial charge in [0, 0.05) is 6.54 Å². The van der Waals surface area contributed by atoms with Crippen LogP contribution in [0.15, 0.2) is 11.6 Å². The second-order valence-corrected chi connectivity index (χ2v) is 2.04. The molecule has 4 heteroatoms. The van der Waals surface area contributed by atoms with E-state index in [0.717, 1.165) is 0 Å². The number of halogens is 2. The van der Waals surface area contributed by atoms with Crippen molar-refractivity contribution in [3.05, 3.63) is 11.6 Å². The molecule has 0 bridgehead atoms. The van der Waals surface area contributed by atoms with Gasteiger partial charge in [-0.2, -0.15) is 0 Å². The minimum atomic E-state index is -2.50. The third-order valence-electron chi connectivity index (χ3n) is 1.24. The maximum absolute atomic E-state index is 11.8. The van der Waals surface area contributed by atoms with E-state index in [-0.39, 0.29) is 6.54 Å². The van der Waals surface area contributed by atoms with Crippen LogP contribution in [0.5, 0.6) is 0 Å². The first-order chi connectivity index (χ1) is 4.59. The summed E-state index contributed by atoms with van der Waals surface area (Å²) in [5.74, 6) is 0. The van der Waals surface area contributed by atoms with Crippen LogP contribution < -0.4 is 11.5 Å². The van der Waals surface area contributed by atoms with E-state index in [2.05, 4.69) is 0 Å². The second-order valence-electron chi connectivity index (χ2n) is 2.04. The number of hydrogen-bond donors (Lipinski definition) is 2. The molecule has 0 saturated carbocycles. The molecule has 0 aromatic rings. The lowest BCUT2D eigenvalue weighted by molar-refractivity contribution is 0.129. The van der Waals surface area contributed by atoms with E-state index in [1.165, 1.54) is 6.08 Å². The van der Waals surface area contributed by atoms with Crippen LogP contribution in [0.3, 0.4) is 0 Å². The van der Waals surface area contributed by atoms with Crippen molar-refractivity contribution in [2.45, 2.75) is 19.4 Å². The zero-order valence-electron chi connectivity index (χ0n) is 5.85. The van der Waals surface area contributed by atoms with Gasteiger partial charge < -0.3 is 11.5 Å². The highest BCUT2D eigenvalue weighted by Gasteiger charge is 2.15. The summed E-state index contributed by atoms with van der Waals surface area (Å²) >= 11 is 0. The van der Waals surface area contributed by atoms with Gasteiger partial charge in [-0.25, -0.2) is 8.78 Å². The smallest absolute Gasteiger partial charge is 0.257 e. The van der Waals surface area contributed by atoms with Crippen molar-refractivity contribution < 1.29 is 8.78 Å². The number of hydrogen-bond acceptors (Lipinski definition) is 2. The van der Waals surface area contributed by atoms with Gasteiger partial charge in [0.05, 0.1) is 6.04 Å². The van der Waals surface area contributed by atoms with E-state index in [0.29, 0.717) is 5.57 Å². The van der Waals surface area contributed by atoms with Crippen molar-refractivity contribution in [3.8, 4) is 0 Å². The lowest BCUT2D eigenvalue weighted by atomic mass is 10.1. The van der Waals surface area contributed by atoms with Crippen LogP contribution in [0.1, 0.15) is 6.92 Å². The summed E-state index contributed by atoms with van der Waals surface area (Å²) in [7, 11) is 0. The predicted octanol–water partition coefficient (Wildman–Crippen LogP) is 0.484. The third kappa shape index (κ3) is 2.89. The molecule has 0 saturated heterocycles. The average molecular weight is 150 g/mol. The standard InChI is InChI=1S/C6H12F2N2/c1-4(2-3-9)5(10)6(7)8/h2,5-6H,3,9-10H2,1H3/b4-2+. The molecule has 60 valence electrons. The Balaban J connectivity index is 3.93. The Morgan fingerprint density at radius 1 is 1.60 bits per heavy atom. The number of alkyl halides is 2. The molecule has 4 N–H and O–H groups in total. The van der Waals surface area contributed by atoms with E-state index in [9.17, 15) is 8.78 Å². The molecule has 0 amide bonds. The van der Waals surface area contributed by atoms with Crippen LogP contribution in [0.25, 0.3) is 0 Å². The van der Waals surface area contributed by atoms with Crippen molar-refractivity contribution in [1.82, 2.24) is 0 Å². The Hall–Kier alpha value is -0.480. The quantitative estimate of drug-likeness (QED) is 0.575. The maximum atomic E-state index is 11.8. The van der Waals surface area contributed by atoms with Crippen LogP contribution in [0, 0.1) is 0 Å². The van der Waals surface area contributed by atoms with E-state index in [4.69, 9.17) is 11.5 Å². The molecule has 0 radical (unpaired) electrons. The van der Waals surface area contributed by atoms with Gasteiger partial charge in [0.15, 0.2) is 0 Å². The molecule has 0 aromatic heterocycles. The van der Waals surface area contributed by atoms with Gasteiger partial charge in [-0.1, -0.05) is 11.6 Å². The first-order valence-corrected chi connectivity index (χ1v) is 3.00. The summed E-state index contributed by atoms with van der Waals surface area (Å²) in [6, 6.07) is -1.16. The minimum absolute atomic E-state index is 0.256. The fourth-order valence-electron chi connectivity index (χ4n) is 0.521. The summed E-state index contributed by atoms with van der Waals surface area (Å²) in [5, 5.41) is 0. The fraction of sp³-hybridized carbons (Fsp3) is 0.667. The van der Waals surface area contributed by atoms with Crippen molar-refractivity contribution in [3.63, 3.8) is 0 Å². The van der Waals surface area contributed by atoms with Crippen molar-refractivity contribution in [1.29, 1.82) is 0 Å². The summed E-state index contributed by atoms with van der Waals surface area (Å²) < 4.78 is 23.6. The van der Waals surface area contributed by atoms with Gasteiger partial charge in [0.1, 0.15) is 0 Å². The van der Waals surface area contributed by atoms with Crippen LogP contribution in [0.4, 0.5) is 8.78 Å². The first kappa shape index (κ1) is 9.52. The highest BCUT2D eigenvalue weighted by atomic mass is 19.3. The fourth-order valence-corrected chi connectivity index (χ4v) is 0.521. The Kier molecular flexibility index (Phi) is 4.14. The first-order valence-electron chi connectivity index (χ1n) is 3.00. The summed E-state index contributed by atoms with van der Waals surface area (Å²) in [6.45, 7) is 1.80. The van der Waals surface area contributed by atoms with Gasteiger partial charge in [-0.3, -0.25) is 0 Å². The third-order valence-corrected chi connectivity index (χ3v) is 1.24. The molecule has 0 aromatic carbocycles. The number of nitrogens with two attached hydrogens (primary N) is 2. The molecule has 0 aliphatic rings. The second kappa shape index (κ2) is 4.35. The monoisotopic (exact) mass is 150 g/mol. The molecule has 0 aliphatic carbocycles. The molecule has 10 heavy (non-hydrogen) atoms. The van der Waals surface area contributed by atoms with Gasteiger partial charge in [-0.05, 0) is 6.92 Å². The van der Waals surface area contributed by atoms with Crippen molar-refractivity contribution in [2.75, 3.05) is 6.54 Å². The largest absolute Gasteiger partial charge is 0.327 e. The maximum Gasteiger partial charge on any atom is 0.257 e. The van der Waals surface area contributed by atoms with E-state index >= 15 is 0 Å². The molecule has 1 atom stereocenters. The van der Waals surface area contributed by atoms with E-state index in [1.807, 2.05) is 0 Å². The highest BCUT2D eigenvalue weighted by Crippen LogP contribution is 2.06. The Morgan fingerprint density at radius 2 is 2.10 bits per heavy atom. The van der Waals surface area contributed by atoms with Gasteiger partial charge in [-0.15, -0.1) is 0 Å². The molecular formula is C6H12F2N2. The minimum Gasteiger partial charge on any atom is -0.327 e. The summed E-state index contributed by atoms with van der Waals surface area (Å²) in [4.78, 5) is 0. The zero-order chi connectivity index (χ0) is 8.15. The van der Waals surface area contributed by atoms with Gasteiger partial charge in [0.25, 0.3) is 6.43 Å². The summed E-state index contributed by atoms with van der Waals surface area (Å²) in [6.07, 6.45) is -1.00. The van der Waals surface area contributed by atoms with E-state index < -0.39 is 12.5 Å². The van der Waals surface area contributed by atoms with Crippen LogP contribution in [-0.4, -0.2) is 19.0 Å². The highest BCUT2D eigenvalue weighted by molar-refractivity contribution is 5.08. The number of rotatable bonds is 3. The molecule has 2 nitrogen and oxygen atoms in total. The Morgan fingerprint density at radius 3 is 2.40 bits per heavy atom. The molecule has 0 aliphatic heterocycles. The lowest BCUT2D eigenvalue weighted by Crippen LogP contribution is -2.30. The molecule has 0 rings (SSSR count). The average Bonchev–Trinajstić information content (AvgIpc) is 1.87. The Labute approximate surface area is 58.9 Å². The normalized spacial score (nSPS) is 16.0. The Bertz CT molecular complexity index is 123. The van der Waals surface area contributed by atoms with Crippen LogP contribution in [0.2, 0.25) is 0 Å². The topological polar surface area (TPSA) is 52.0 Å². The summed E-state index contributed by atoms with van der Waals surface area (Å²) in [5.41, 5.74) is 10.6. The molecule has 0 heterocycles. The van der Waals surface area contributed by atoms with Gasteiger partial charge in [0.2, 0.25) is 0 Å². The van der Waals surface area contributed by atoms with Crippen molar-refractivity contribution >= 4 is 0 Å². The predicted molar refractivity (Wildman–Crippen MR) is 36.8 cm³/mol. The molecule has 0 fully saturated rings. The van der Waals surface area contributed by atoms with E-state index in [1.54, 1.807) is 6.92 Å². The van der Waals surface area contributed by atoms with Crippen LogP contribution >= 0.6 is 0 Å². The molecular weight excluding hydrogens is 138 g/mol. The van der Waals surface area contributed by atoms with Crippen molar-refractivity contribution in [2.24, 2.45) is 11.5 Å². The lowest BCUT2D eigenvalue weighted by Gasteiger charge is -2.09. The van der Waals surface area contributed by atoms with Crippen LogP contribution in [-0.2, 0) is 0 Å². The molecule has 0 spiro atoms.